The van der Waals surface area contributed by atoms with Crippen molar-refractivity contribution in [1.29, 1.82) is 5.26 Å². The lowest BCUT2D eigenvalue weighted by molar-refractivity contribution is -0.114. The van der Waals surface area contributed by atoms with E-state index in [1.807, 2.05) is 13.8 Å². The molecular formula is C14H17N3O4S. The van der Waals surface area contributed by atoms with Crippen molar-refractivity contribution in [2.45, 2.75) is 31.6 Å². The monoisotopic (exact) mass is 323 g/mol. The average molecular weight is 323 g/mol. The largest absolute Gasteiger partial charge is 0.358 e. The molecule has 0 aliphatic rings. The zero-order valence-corrected chi connectivity index (χ0v) is 13.2. The van der Waals surface area contributed by atoms with E-state index in [0.29, 0.717) is 6.54 Å². The van der Waals surface area contributed by atoms with E-state index in [0.717, 1.165) is 18.4 Å². The van der Waals surface area contributed by atoms with Gasteiger partial charge in [0.1, 0.15) is 11.0 Å². The fourth-order valence-corrected chi connectivity index (χ4v) is 2.14. The summed E-state index contributed by atoms with van der Waals surface area (Å²) in [6, 6.07) is 7.42. The minimum absolute atomic E-state index is 0.106. The summed E-state index contributed by atoms with van der Waals surface area (Å²) in [7, 11) is -4.16. The fourth-order valence-electron chi connectivity index (χ4n) is 1.41. The van der Waals surface area contributed by atoms with Gasteiger partial charge in [0, 0.05) is 6.54 Å². The molecule has 0 aromatic heterocycles. The molecule has 1 aromatic carbocycles. The van der Waals surface area contributed by atoms with Gasteiger partial charge in [-0.2, -0.15) is 13.7 Å². The summed E-state index contributed by atoms with van der Waals surface area (Å²) in [5.74, 6) is -0.768. The second-order valence-corrected chi connectivity index (χ2v) is 6.03. The van der Waals surface area contributed by atoms with Gasteiger partial charge < -0.3 is 5.32 Å². The number of hydrogen-bond donors (Lipinski definition) is 1. The van der Waals surface area contributed by atoms with Crippen LogP contribution in [0.15, 0.2) is 34.3 Å². The van der Waals surface area contributed by atoms with Gasteiger partial charge in [0.2, 0.25) is 5.71 Å². The molecule has 118 valence electrons. The Bertz CT molecular complexity index is 688. The van der Waals surface area contributed by atoms with E-state index in [1.54, 1.807) is 12.1 Å². The third kappa shape index (κ3) is 5.18. The van der Waals surface area contributed by atoms with Crippen molar-refractivity contribution in [3.63, 3.8) is 0 Å². The van der Waals surface area contributed by atoms with Crippen LogP contribution in [0.4, 0.5) is 0 Å². The number of aryl methyl sites for hydroxylation is 1. The second kappa shape index (κ2) is 8.14. The number of oxime groups is 1. The number of hydrogen-bond acceptors (Lipinski definition) is 6. The number of nitrogens with zero attached hydrogens (tertiary/aromatic N) is 2. The SMILES string of the molecule is CCCCNC(=O)C(C#N)=NOS(=O)(=O)c1ccc(C)cc1. The van der Waals surface area contributed by atoms with Crippen molar-refractivity contribution >= 4 is 21.7 Å². The number of nitriles is 1. The highest BCUT2D eigenvalue weighted by atomic mass is 32.2. The first-order chi connectivity index (χ1) is 10.4. The predicted molar refractivity (Wildman–Crippen MR) is 80.4 cm³/mol. The molecule has 0 unspecified atom stereocenters. The van der Waals surface area contributed by atoms with Crippen LogP contribution >= 0.6 is 0 Å². The van der Waals surface area contributed by atoms with E-state index < -0.39 is 21.7 Å². The van der Waals surface area contributed by atoms with Crippen LogP contribution < -0.4 is 5.32 Å². The first-order valence-corrected chi connectivity index (χ1v) is 8.08. The topological polar surface area (TPSA) is 109 Å². The number of amides is 1. The Labute approximate surface area is 129 Å². The standard InChI is InChI=1S/C14H17N3O4S/c1-3-4-9-16-14(18)13(10-15)17-21-22(19,20)12-7-5-11(2)6-8-12/h5-8H,3-4,9H2,1-2H3,(H,16,18). The van der Waals surface area contributed by atoms with Crippen LogP contribution in [-0.2, 0) is 19.2 Å². The van der Waals surface area contributed by atoms with Crippen molar-refractivity contribution < 1.29 is 17.5 Å². The number of benzene rings is 1. The van der Waals surface area contributed by atoms with Crippen molar-refractivity contribution in [2.75, 3.05) is 6.54 Å². The average Bonchev–Trinajstić information content (AvgIpc) is 2.48. The molecule has 0 aliphatic heterocycles. The van der Waals surface area contributed by atoms with Crippen molar-refractivity contribution in [3.05, 3.63) is 29.8 Å². The van der Waals surface area contributed by atoms with Gasteiger partial charge >= 0.3 is 10.1 Å². The summed E-state index contributed by atoms with van der Waals surface area (Å²) in [6.07, 6.45) is 1.62. The lowest BCUT2D eigenvalue weighted by Crippen LogP contribution is -2.31. The molecule has 1 rings (SSSR count). The van der Waals surface area contributed by atoms with Gasteiger partial charge in [-0.1, -0.05) is 31.0 Å². The van der Waals surface area contributed by atoms with E-state index >= 15 is 0 Å². The minimum Gasteiger partial charge on any atom is -0.350 e. The van der Waals surface area contributed by atoms with Gasteiger partial charge in [0.25, 0.3) is 5.91 Å². The summed E-state index contributed by atoms with van der Waals surface area (Å²) < 4.78 is 28.2. The van der Waals surface area contributed by atoms with E-state index in [-0.39, 0.29) is 4.90 Å². The summed E-state index contributed by atoms with van der Waals surface area (Å²) >= 11 is 0. The van der Waals surface area contributed by atoms with E-state index in [1.165, 1.54) is 18.2 Å². The molecule has 0 fully saturated rings. The molecule has 0 aliphatic carbocycles. The van der Waals surface area contributed by atoms with Crippen LogP contribution in [0.3, 0.4) is 0 Å². The molecule has 1 aromatic rings. The molecule has 0 saturated carbocycles. The molecule has 0 bridgehead atoms. The minimum atomic E-state index is -4.16. The van der Waals surface area contributed by atoms with Crippen LogP contribution in [0, 0.1) is 18.3 Å². The predicted octanol–water partition coefficient (Wildman–Crippen LogP) is 1.50. The maximum absolute atomic E-state index is 11.9. The van der Waals surface area contributed by atoms with E-state index in [9.17, 15) is 13.2 Å². The molecule has 1 N–H and O–H groups in total. The zero-order chi connectivity index (χ0) is 16.6. The highest BCUT2D eigenvalue weighted by molar-refractivity contribution is 7.86. The number of rotatable bonds is 7. The van der Waals surface area contributed by atoms with Crippen LogP contribution in [0.1, 0.15) is 25.3 Å². The fraction of sp³-hybridized carbons (Fsp3) is 0.357. The van der Waals surface area contributed by atoms with Gasteiger partial charge in [-0.05, 0) is 30.6 Å². The molecule has 8 heteroatoms. The molecular weight excluding hydrogens is 306 g/mol. The Morgan fingerprint density at radius 3 is 2.55 bits per heavy atom. The highest BCUT2D eigenvalue weighted by Crippen LogP contribution is 2.13. The van der Waals surface area contributed by atoms with E-state index in [4.69, 9.17) is 5.26 Å². The normalized spacial score (nSPS) is 11.6. The van der Waals surface area contributed by atoms with Crippen LogP contribution in [-0.4, -0.2) is 26.6 Å². The Balaban J connectivity index is 2.81. The molecule has 0 atom stereocenters. The summed E-state index contributed by atoms with van der Waals surface area (Å²) in [5.41, 5.74) is 0.238. The van der Waals surface area contributed by atoms with Gasteiger partial charge in [-0.15, -0.1) is 0 Å². The molecule has 0 spiro atoms. The van der Waals surface area contributed by atoms with Crippen molar-refractivity contribution in [1.82, 2.24) is 5.32 Å². The second-order valence-electron chi connectivity index (χ2n) is 4.50. The number of unbranched alkanes of at least 4 members (excludes halogenated alkanes) is 1. The first-order valence-electron chi connectivity index (χ1n) is 6.67. The van der Waals surface area contributed by atoms with E-state index in [2.05, 4.69) is 14.8 Å². The highest BCUT2D eigenvalue weighted by Gasteiger charge is 2.18. The number of carbonyl (C=O) groups excluding carboxylic acids is 1. The smallest absolute Gasteiger partial charge is 0.350 e. The van der Waals surface area contributed by atoms with Crippen LogP contribution in [0.25, 0.3) is 0 Å². The maximum atomic E-state index is 11.9. The molecule has 0 radical (unpaired) electrons. The summed E-state index contributed by atoms with van der Waals surface area (Å²) in [5, 5.41) is 14.4. The Morgan fingerprint density at radius 2 is 2.00 bits per heavy atom. The Morgan fingerprint density at radius 1 is 1.36 bits per heavy atom. The molecule has 7 nitrogen and oxygen atoms in total. The Hall–Kier alpha value is -2.40. The lowest BCUT2D eigenvalue weighted by atomic mass is 10.2. The summed E-state index contributed by atoms with van der Waals surface area (Å²) in [4.78, 5) is 11.5. The third-order valence-corrected chi connectivity index (χ3v) is 3.79. The van der Waals surface area contributed by atoms with Gasteiger partial charge in [-0.3, -0.25) is 9.08 Å². The van der Waals surface area contributed by atoms with Crippen LogP contribution in [0.5, 0.6) is 0 Å². The third-order valence-electron chi connectivity index (χ3n) is 2.67. The van der Waals surface area contributed by atoms with Crippen molar-refractivity contribution in [3.8, 4) is 6.07 Å². The maximum Gasteiger partial charge on any atom is 0.358 e. The van der Waals surface area contributed by atoms with Crippen LogP contribution in [0.2, 0.25) is 0 Å². The number of nitrogens with one attached hydrogen (secondary N) is 1. The van der Waals surface area contributed by atoms with Gasteiger partial charge in [0.05, 0.1) is 0 Å². The van der Waals surface area contributed by atoms with Gasteiger partial charge in [0.15, 0.2) is 0 Å². The molecule has 22 heavy (non-hydrogen) atoms. The number of carbonyl (C=O) groups is 1. The Kier molecular flexibility index (Phi) is 6.53. The van der Waals surface area contributed by atoms with Crippen molar-refractivity contribution in [2.24, 2.45) is 5.16 Å². The van der Waals surface area contributed by atoms with Gasteiger partial charge in [-0.25, -0.2) is 0 Å². The molecule has 0 heterocycles. The zero-order valence-electron chi connectivity index (χ0n) is 12.4. The molecule has 0 saturated heterocycles. The first kappa shape index (κ1) is 17.7. The summed E-state index contributed by atoms with van der Waals surface area (Å²) in [6.45, 7) is 4.13. The lowest BCUT2D eigenvalue weighted by Gasteiger charge is -2.03. The quantitative estimate of drug-likeness (QED) is 0.464. The molecule has 1 amide bonds.